The lowest BCUT2D eigenvalue weighted by Crippen LogP contribution is -2.53. The number of rotatable bonds is 4. The Morgan fingerprint density at radius 3 is 2.35 bits per heavy atom. The van der Waals surface area contributed by atoms with Gasteiger partial charge in [-0.3, -0.25) is 14.5 Å². The highest BCUT2D eigenvalue weighted by Gasteiger charge is 2.31. The summed E-state index contributed by atoms with van der Waals surface area (Å²) in [5.41, 5.74) is 0. The van der Waals surface area contributed by atoms with Crippen molar-refractivity contribution < 1.29 is 19.1 Å². The molecular weight excluding hydrogens is 336 g/mol. The summed E-state index contributed by atoms with van der Waals surface area (Å²) in [5, 5.41) is 0. The van der Waals surface area contributed by atoms with Crippen LogP contribution in [0.4, 0.5) is 0 Å². The number of ether oxygens (including phenoxy) is 1. The van der Waals surface area contributed by atoms with Crippen LogP contribution in [0.2, 0.25) is 0 Å². The monoisotopic (exact) mass is 366 g/mol. The molecule has 0 radical (unpaired) electrons. The van der Waals surface area contributed by atoms with Crippen LogP contribution in [0.1, 0.15) is 25.7 Å². The smallest absolute Gasteiger partial charge is 0.397 e. The van der Waals surface area contributed by atoms with Gasteiger partial charge in [-0.1, -0.05) is 0 Å². The second-order valence-corrected chi connectivity index (χ2v) is 7.48. The van der Waals surface area contributed by atoms with Crippen LogP contribution in [0.15, 0.2) is 0 Å². The maximum Gasteiger partial charge on any atom is 0.397 e. The molecule has 0 aromatic heterocycles. The summed E-state index contributed by atoms with van der Waals surface area (Å²) in [6, 6.07) is 0.505. The lowest BCUT2D eigenvalue weighted by molar-refractivity contribution is -0.161. The Morgan fingerprint density at radius 2 is 1.73 bits per heavy atom. The molecule has 0 spiro atoms. The second kappa shape index (κ2) is 8.81. The molecule has 0 saturated carbocycles. The van der Waals surface area contributed by atoms with E-state index in [-0.39, 0.29) is 12.5 Å². The van der Waals surface area contributed by atoms with Gasteiger partial charge in [0.15, 0.2) is 0 Å². The van der Waals surface area contributed by atoms with Crippen LogP contribution in [-0.4, -0.2) is 109 Å². The Kier molecular flexibility index (Phi) is 6.48. The molecule has 8 heteroatoms. The molecule has 0 bridgehead atoms. The molecule has 8 nitrogen and oxygen atoms in total. The highest BCUT2D eigenvalue weighted by atomic mass is 16.5. The number of carbonyl (C=O) groups is 3. The van der Waals surface area contributed by atoms with Crippen molar-refractivity contribution in [3.63, 3.8) is 0 Å². The van der Waals surface area contributed by atoms with Crippen LogP contribution in [0, 0.1) is 0 Å². The van der Waals surface area contributed by atoms with E-state index in [0.717, 1.165) is 45.4 Å². The molecular formula is C18H30N4O4. The first-order valence-corrected chi connectivity index (χ1v) is 9.71. The van der Waals surface area contributed by atoms with Gasteiger partial charge in [0.2, 0.25) is 5.91 Å². The average molecular weight is 366 g/mol. The molecule has 3 fully saturated rings. The van der Waals surface area contributed by atoms with Crippen LogP contribution in [0.25, 0.3) is 0 Å². The van der Waals surface area contributed by atoms with Crippen molar-refractivity contribution in [2.24, 2.45) is 0 Å². The number of hydrogen-bond donors (Lipinski definition) is 0. The molecule has 3 heterocycles. The predicted octanol–water partition coefficient (Wildman–Crippen LogP) is -0.610. The van der Waals surface area contributed by atoms with Gasteiger partial charge < -0.3 is 19.4 Å². The van der Waals surface area contributed by atoms with E-state index >= 15 is 0 Å². The summed E-state index contributed by atoms with van der Waals surface area (Å²) in [6.07, 6.45) is 3.24. The number of likely N-dealkylation sites (N-methyl/N-ethyl adjacent to an activating group) is 1. The van der Waals surface area contributed by atoms with Crippen molar-refractivity contribution in [1.29, 1.82) is 0 Å². The van der Waals surface area contributed by atoms with Gasteiger partial charge in [-0.25, -0.2) is 4.79 Å². The Hall–Kier alpha value is -1.67. The van der Waals surface area contributed by atoms with E-state index < -0.39 is 11.9 Å². The van der Waals surface area contributed by atoms with Gasteiger partial charge in [0.25, 0.3) is 0 Å². The molecule has 3 aliphatic heterocycles. The quantitative estimate of drug-likeness (QED) is 0.488. The lowest BCUT2D eigenvalue weighted by Gasteiger charge is -2.41. The number of amides is 2. The molecule has 3 rings (SSSR count). The number of hydrogen-bond acceptors (Lipinski definition) is 6. The van der Waals surface area contributed by atoms with Crippen LogP contribution in [-0.2, 0) is 19.1 Å². The first-order chi connectivity index (χ1) is 12.5. The van der Waals surface area contributed by atoms with Crippen molar-refractivity contribution in [3.05, 3.63) is 0 Å². The SMILES string of the molecule is CN1CCN(C2CCN(C(=O)C(=O)OCCN3CCCC3=O)CC2)CC1. The summed E-state index contributed by atoms with van der Waals surface area (Å²) >= 11 is 0. The molecule has 0 aliphatic carbocycles. The van der Waals surface area contributed by atoms with E-state index in [0.29, 0.717) is 38.6 Å². The fraction of sp³-hybridized carbons (Fsp3) is 0.833. The molecule has 0 unspecified atom stereocenters. The lowest BCUT2D eigenvalue weighted by atomic mass is 10.0. The third-order valence-electron chi connectivity index (χ3n) is 5.75. The van der Waals surface area contributed by atoms with E-state index in [2.05, 4.69) is 16.8 Å². The Labute approximate surface area is 155 Å². The van der Waals surface area contributed by atoms with Crippen molar-refractivity contribution in [1.82, 2.24) is 19.6 Å². The van der Waals surface area contributed by atoms with E-state index in [1.54, 1.807) is 9.80 Å². The maximum atomic E-state index is 12.3. The van der Waals surface area contributed by atoms with Crippen molar-refractivity contribution in [3.8, 4) is 0 Å². The normalized spacial score (nSPS) is 23.5. The zero-order valence-electron chi connectivity index (χ0n) is 15.7. The Bertz CT molecular complexity index is 525. The summed E-state index contributed by atoms with van der Waals surface area (Å²) < 4.78 is 5.08. The Balaban J connectivity index is 1.36. The first kappa shape index (κ1) is 19.1. The zero-order chi connectivity index (χ0) is 18.5. The largest absolute Gasteiger partial charge is 0.457 e. The highest BCUT2D eigenvalue weighted by Crippen LogP contribution is 2.18. The van der Waals surface area contributed by atoms with E-state index in [9.17, 15) is 14.4 Å². The van der Waals surface area contributed by atoms with Gasteiger partial charge in [0.05, 0.1) is 6.54 Å². The van der Waals surface area contributed by atoms with E-state index in [1.807, 2.05) is 0 Å². The van der Waals surface area contributed by atoms with Gasteiger partial charge in [0.1, 0.15) is 6.61 Å². The van der Waals surface area contributed by atoms with Gasteiger partial charge >= 0.3 is 11.9 Å². The minimum atomic E-state index is -0.797. The summed E-state index contributed by atoms with van der Waals surface area (Å²) in [7, 11) is 2.14. The van der Waals surface area contributed by atoms with Crippen LogP contribution >= 0.6 is 0 Å². The number of carbonyl (C=O) groups excluding carboxylic acids is 3. The van der Waals surface area contributed by atoms with Gasteiger partial charge in [0, 0.05) is 58.3 Å². The number of piperidine rings is 1. The minimum absolute atomic E-state index is 0.0913. The summed E-state index contributed by atoms with van der Waals surface area (Å²) in [5.74, 6) is -1.25. The highest BCUT2D eigenvalue weighted by molar-refractivity contribution is 6.32. The molecule has 3 aliphatic rings. The van der Waals surface area contributed by atoms with Crippen molar-refractivity contribution in [2.75, 3.05) is 66.0 Å². The van der Waals surface area contributed by atoms with E-state index in [1.165, 1.54) is 0 Å². The predicted molar refractivity (Wildman–Crippen MR) is 95.4 cm³/mol. The summed E-state index contributed by atoms with van der Waals surface area (Å²) in [4.78, 5) is 43.9. The topological polar surface area (TPSA) is 73.4 Å². The van der Waals surface area contributed by atoms with Crippen molar-refractivity contribution in [2.45, 2.75) is 31.7 Å². The number of likely N-dealkylation sites (tertiary alicyclic amines) is 2. The van der Waals surface area contributed by atoms with Gasteiger partial charge in [-0.2, -0.15) is 0 Å². The van der Waals surface area contributed by atoms with Gasteiger partial charge in [-0.05, 0) is 26.3 Å². The molecule has 26 heavy (non-hydrogen) atoms. The summed E-state index contributed by atoms with van der Waals surface area (Å²) in [6.45, 7) is 6.72. The molecule has 0 N–H and O–H groups in total. The first-order valence-electron chi connectivity index (χ1n) is 9.71. The molecule has 0 atom stereocenters. The molecule has 2 amide bonds. The fourth-order valence-corrected chi connectivity index (χ4v) is 4.00. The second-order valence-electron chi connectivity index (χ2n) is 7.48. The minimum Gasteiger partial charge on any atom is -0.457 e. The molecule has 0 aromatic carbocycles. The van der Waals surface area contributed by atoms with Crippen LogP contribution in [0.3, 0.4) is 0 Å². The van der Waals surface area contributed by atoms with Crippen LogP contribution in [0.5, 0.6) is 0 Å². The third-order valence-corrected chi connectivity index (χ3v) is 5.75. The molecule has 3 saturated heterocycles. The fourth-order valence-electron chi connectivity index (χ4n) is 4.00. The van der Waals surface area contributed by atoms with E-state index in [4.69, 9.17) is 4.74 Å². The molecule has 146 valence electrons. The zero-order valence-corrected chi connectivity index (χ0v) is 15.7. The standard InChI is InChI=1S/C18H30N4O4/c1-19-9-11-20(12-10-19)15-4-7-22(8-5-15)17(24)18(25)26-14-13-21-6-2-3-16(21)23/h15H,2-14H2,1H3. The average Bonchev–Trinajstić information content (AvgIpc) is 3.07. The number of nitrogens with zero attached hydrogens (tertiary/aromatic N) is 4. The third kappa shape index (κ3) is 4.73. The maximum absolute atomic E-state index is 12.3. The number of esters is 1. The Morgan fingerprint density at radius 1 is 1.04 bits per heavy atom. The van der Waals surface area contributed by atoms with Crippen molar-refractivity contribution >= 4 is 17.8 Å². The van der Waals surface area contributed by atoms with Gasteiger partial charge in [-0.15, -0.1) is 0 Å². The number of piperazine rings is 1. The van der Waals surface area contributed by atoms with Crippen LogP contribution < -0.4 is 0 Å². The molecule has 0 aromatic rings.